The standard InChI is InChI=1S/C12H16O3/c13-7-6-12(14-8-9-15-12)10-11-4-2-1-3-5-11/h1-5,13H,6-10H2. The zero-order valence-electron chi connectivity index (χ0n) is 8.69. The summed E-state index contributed by atoms with van der Waals surface area (Å²) in [6, 6.07) is 10.1. The minimum absolute atomic E-state index is 0.0901. The van der Waals surface area contributed by atoms with Gasteiger partial charge in [-0.25, -0.2) is 0 Å². The van der Waals surface area contributed by atoms with E-state index in [2.05, 4.69) is 0 Å². The van der Waals surface area contributed by atoms with E-state index in [1.807, 2.05) is 30.3 Å². The second-order valence-electron chi connectivity index (χ2n) is 3.74. The van der Waals surface area contributed by atoms with Crippen LogP contribution in [0.3, 0.4) is 0 Å². The first-order valence-corrected chi connectivity index (χ1v) is 5.27. The third-order valence-corrected chi connectivity index (χ3v) is 2.62. The van der Waals surface area contributed by atoms with Crippen LogP contribution < -0.4 is 0 Å². The van der Waals surface area contributed by atoms with Crippen molar-refractivity contribution >= 4 is 0 Å². The van der Waals surface area contributed by atoms with Crippen LogP contribution in [0.4, 0.5) is 0 Å². The Morgan fingerprint density at radius 2 is 1.80 bits per heavy atom. The van der Waals surface area contributed by atoms with E-state index in [1.54, 1.807) is 0 Å². The molecule has 3 heteroatoms. The van der Waals surface area contributed by atoms with Gasteiger partial charge in [-0.2, -0.15) is 0 Å². The van der Waals surface area contributed by atoms with E-state index in [1.165, 1.54) is 5.56 Å². The van der Waals surface area contributed by atoms with E-state index in [9.17, 15) is 0 Å². The Balaban J connectivity index is 2.07. The van der Waals surface area contributed by atoms with E-state index >= 15 is 0 Å². The maximum atomic E-state index is 9.01. The van der Waals surface area contributed by atoms with Crippen molar-refractivity contribution in [1.82, 2.24) is 0 Å². The molecule has 1 fully saturated rings. The molecule has 0 bridgehead atoms. The summed E-state index contributed by atoms with van der Waals surface area (Å²) >= 11 is 0. The Bertz CT molecular complexity index is 291. The van der Waals surface area contributed by atoms with Crippen molar-refractivity contribution in [3.63, 3.8) is 0 Å². The van der Waals surface area contributed by atoms with Gasteiger partial charge in [0.25, 0.3) is 0 Å². The van der Waals surface area contributed by atoms with Crippen LogP contribution in [0.2, 0.25) is 0 Å². The Labute approximate surface area is 89.6 Å². The Morgan fingerprint density at radius 3 is 2.40 bits per heavy atom. The second kappa shape index (κ2) is 4.75. The van der Waals surface area contributed by atoms with Crippen molar-refractivity contribution in [2.45, 2.75) is 18.6 Å². The zero-order chi connectivity index (χ0) is 10.6. The molecule has 15 heavy (non-hydrogen) atoms. The molecule has 1 aromatic carbocycles. The molecular formula is C12H16O3. The molecule has 1 heterocycles. The zero-order valence-corrected chi connectivity index (χ0v) is 8.69. The van der Waals surface area contributed by atoms with Gasteiger partial charge in [0.15, 0.2) is 5.79 Å². The second-order valence-corrected chi connectivity index (χ2v) is 3.74. The molecule has 82 valence electrons. The van der Waals surface area contributed by atoms with Gasteiger partial charge >= 0.3 is 0 Å². The van der Waals surface area contributed by atoms with Crippen molar-refractivity contribution < 1.29 is 14.6 Å². The molecular weight excluding hydrogens is 192 g/mol. The van der Waals surface area contributed by atoms with E-state index in [-0.39, 0.29) is 6.61 Å². The van der Waals surface area contributed by atoms with Gasteiger partial charge in [0.2, 0.25) is 0 Å². The molecule has 0 saturated carbocycles. The summed E-state index contributed by atoms with van der Waals surface area (Å²) < 4.78 is 11.2. The summed E-state index contributed by atoms with van der Waals surface area (Å²) in [5.74, 6) is -0.601. The van der Waals surface area contributed by atoms with Gasteiger partial charge in [-0.05, 0) is 5.56 Å². The number of hydrogen-bond acceptors (Lipinski definition) is 3. The molecule has 0 aliphatic carbocycles. The summed E-state index contributed by atoms with van der Waals surface area (Å²) in [4.78, 5) is 0. The molecule has 1 aliphatic rings. The van der Waals surface area contributed by atoms with Crippen molar-refractivity contribution in [2.24, 2.45) is 0 Å². The highest BCUT2D eigenvalue weighted by Gasteiger charge is 2.35. The molecule has 0 unspecified atom stereocenters. The first-order valence-electron chi connectivity index (χ1n) is 5.27. The van der Waals surface area contributed by atoms with E-state index < -0.39 is 5.79 Å². The summed E-state index contributed by atoms with van der Waals surface area (Å²) in [5, 5.41) is 9.01. The molecule has 0 atom stereocenters. The third-order valence-electron chi connectivity index (χ3n) is 2.62. The lowest BCUT2D eigenvalue weighted by molar-refractivity contribution is -0.166. The van der Waals surface area contributed by atoms with E-state index in [0.29, 0.717) is 26.1 Å². The van der Waals surface area contributed by atoms with Gasteiger partial charge in [-0.15, -0.1) is 0 Å². The van der Waals surface area contributed by atoms with Crippen molar-refractivity contribution in [3.8, 4) is 0 Å². The Hall–Kier alpha value is -0.900. The quantitative estimate of drug-likeness (QED) is 0.811. The summed E-state index contributed by atoms with van der Waals surface area (Å²) in [5.41, 5.74) is 1.17. The van der Waals surface area contributed by atoms with Gasteiger partial charge in [0, 0.05) is 19.4 Å². The molecule has 0 spiro atoms. The van der Waals surface area contributed by atoms with Crippen LogP contribution in [0.5, 0.6) is 0 Å². The topological polar surface area (TPSA) is 38.7 Å². The average molecular weight is 208 g/mol. The van der Waals surface area contributed by atoms with Crippen molar-refractivity contribution in [1.29, 1.82) is 0 Å². The molecule has 3 nitrogen and oxygen atoms in total. The smallest absolute Gasteiger partial charge is 0.174 e. The number of benzene rings is 1. The minimum atomic E-state index is -0.601. The highest BCUT2D eigenvalue weighted by molar-refractivity contribution is 5.16. The summed E-state index contributed by atoms with van der Waals surface area (Å²) in [7, 11) is 0. The van der Waals surface area contributed by atoms with Gasteiger partial charge in [0.05, 0.1) is 13.2 Å². The number of ether oxygens (including phenoxy) is 2. The van der Waals surface area contributed by atoms with Gasteiger partial charge < -0.3 is 14.6 Å². The fourth-order valence-electron chi connectivity index (χ4n) is 1.91. The molecule has 1 aliphatic heterocycles. The van der Waals surface area contributed by atoms with Crippen LogP contribution in [0.15, 0.2) is 30.3 Å². The van der Waals surface area contributed by atoms with Crippen LogP contribution in [-0.2, 0) is 15.9 Å². The van der Waals surface area contributed by atoms with Crippen molar-refractivity contribution in [3.05, 3.63) is 35.9 Å². The molecule has 0 aromatic heterocycles. The molecule has 0 amide bonds. The van der Waals surface area contributed by atoms with Crippen LogP contribution in [0.1, 0.15) is 12.0 Å². The predicted octanol–water partition coefficient (Wildman–Crippen LogP) is 1.35. The third kappa shape index (κ3) is 2.56. The molecule has 1 saturated heterocycles. The summed E-state index contributed by atoms with van der Waals surface area (Å²) in [6.07, 6.45) is 1.23. The Morgan fingerprint density at radius 1 is 1.13 bits per heavy atom. The van der Waals surface area contributed by atoms with Gasteiger partial charge in [-0.3, -0.25) is 0 Å². The maximum absolute atomic E-state index is 9.01. The van der Waals surface area contributed by atoms with Crippen LogP contribution in [0.25, 0.3) is 0 Å². The number of rotatable bonds is 4. The van der Waals surface area contributed by atoms with Gasteiger partial charge in [0.1, 0.15) is 0 Å². The molecule has 1 aromatic rings. The Kier molecular flexibility index (Phi) is 3.36. The van der Waals surface area contributed by atoms with E-state index in [0.717, 1.165) is 0 Å². The lowest BCUT2D eigenvalue weighted by Crippen LogP contribution is -2.34. The largest absolute Gasteiger partial charge is 0.396 e. The van der Waals surface area contributed by atoms with Gasteiger partial charge in [-0.1, -0.05) is 30.3 Å². The molecule has 2 rings (SSSR count). The van der Waals surface area contributed by atoms with Crippen LogP contribution >= 0.6 is 0 Å². The lowest BCUT2D eigenvalue weighted by atomic mass is 10.0. The van der Waals surface area contributed by atoms with Crippen molar-refractivity contribution in [2.75, 3.05) is 19.8 Å². The number of hydrogen-bond donors (Lipinski definition) is 1. The fourth-order valence-corrected chi connectivity index (χ4v) is 1.91. The maximum Gasteiger partial charge on any atom is 0.174 e. The summed E-state index contributed by atoms with van der Waals surface area (Å²) in [6.45, 7) is 1.33. The number of aliphatic hydroxyl groups excluding tert-OH is 1. The lowest BCUT2D eigenvalue weighted by Gasteiger charge is -2.26. The van der Waals surface area contributed by atoms with Crippen LogP contribution in [-0.4, -0.2) is 30.7 Å². The highest BCUT2D eigenvalue weighted by atomic mass is 16.7. The first-order chi connectivity index (χ1) is 7.35. The predicted molar refractivity (Wildman–Crippen MR) is 56.5 cm³/mol. The number of aliphatic hydroxyl groups is 1. The molecule has 1 N–H and O–H groups in total. The molecule has 0 radical (unpaired) electrons. The first kappa shape index (κ1) is 10.6. The van der Waals surface area contributed by atoms with Crippen LogP contribution in [0, 0.1) is 0 Å². The average Bonchev–Trinajstić information content (AvgIpc) is 2.69. The monoisotopic (exact) mass is 208 g/mol. The van der Waals surface area contributed by atoms with E-state index in [4.69, 9.17) is 14.6 Å². The fraction of sp³-hybridized carbons (Fsp3) is 0.500. The minimum Gasteiger partial charge on any atom is -0.396 e. The SMILES string of the molecule is OCCC1(Cc2ccccc2)OCCO1. The normalized spacial score (nSPS) is 19.3. The highest BCUT2D eigenvalue weighted by Crippen LogP contribution is 2.27.